The van der Waals surface area contributed by atoms with Gasteiger partial charge in [0.05, 0.1) is 11.8 Å². The molecule has 4 rings (SSSR count). The van der Waals surface area contributed by atoms with E-state index < -0.39 is 11.6 Å². The van der Waals surface area contributed by atoms with Crippen molar-refractivity contribution in [1.29, 1.82) is 0 Å². The van der Waals surface area contributed by atoms with Gasteiger partial charge in [-0.05, 0) is 42.8 Å². The Morgan fingerprint density at radius 3 is 2.55 bits per heavy atom. The predicted octanol–water partition coefficient (Wildman–Crippen LogP) is 4.58. The predicted molar refractivity (Wildman–Crippen MR) is 109 cm³/mol. The average Bonchev–Trinajstić information content (AvgIpc) is 3.19. The van der Waals surface area contributed by atoms with Crippen LogP contribution in [-0.4, -0.2) is 22.5 Å². The van der Waals surface area contributed by atoms with Crippen molar-refractivity contribution < 1.29 is 18.7 Å². The maximum Gasteiger partial charge on any atom is 0.339 e. The molecular formula is C23H22N2O4. The molecule has 1 aliphatic rings. The number of oxazole rings is 1. The number of nitrogens with one attached hydrogen (secondary N) is 1. The lowest BCUT2D eigenvalue weighted by Crippen LogP contribution is -2.48. The van der Waals surface area contributed by atoms with Gasteiger partial charge in [-0.3, -0.25) is 4.79 Å². The maximum atomic E-state index is 12.9. The Bertz CT molecular complexity index is 1070. The number of cyclic esters (lactones) is 1. The summed E-state index contributed by atoms with van der Waals surface area (Å²) in [4.78, 5) is 29.4. The molecule has 0 saturated heterocycles. The fourth-order valence-electron chi connectivity index (χ4n) is 3.31. The van der Waals surface area contributed by atoms with Crippen molar-refractivity contribution in [2.45, 2.75) is 38.7 Å². The molecule has 1 amide bonds. The fraction of sp³-hybridized carbons (Fsp3) is 0.261. The van der Waals surface area contributed by atoms with Crippen molar-refractivity contribution in [3.05, 3.63) is 71.6 Å². The number of rotatable bonds is 4. The van der Waals surface area contributed by atoms with E-state index in [2.05, 4.69) is 10.3 Å². The van der Waals surface area contributed by atoms with Gasteiger partial charge in [-0.2, -0.15) is 0 Å². The number of hydrogen-bond acceptors (Lipinski definition) is 5. The summed E-state index contributed by atoms with van der Waals surface area (Å²) in [6.45, 7) is 5.71. The van der Waals surface area contributed by atoms with Crippen molar-refractivity contribution in [3.8, 4) is 11.5 Å². The molecule has 29 heavy (non-hydrogen) atoms. The summed E-state index contributed by atoms with van der Waals surface area (Å²) >= 11 is 0. The Labute approximate surface area is 168 Å². The number of ether oxygens (including phenoxy) is 1. The molecule has 0 fully saturated rings. The second-order valence-electron chi connectivity index (χ2n) is 7.71. The monoisotopic (exact) mass is 390 g/mol. The summed E-state index contributed by atoms with van der Waals surface area (Å²) in [7, 11) is 0. The van der Waals surface area contributed by atoms with Gasteiger partial charge in [-0.15, -0.1) is 0 Å². The second-order valence-corrected chi connectivity index (χ2v) is 7.71. The first kappa shape index (κ1) is 18.9. The fourth-order valence-corrected chi connectivity index (χ4v) is 3.31. The number of fused-ring (bicyclic) bond motifs is 1. The number of hydrogen-bond donors (Lipinski definition) is 1. The summed E-state index contributed by atoms with van der Waals surface area (Å²) in [5.41, 5.74) is 1.47. The standard InChI is InChI=1S/C23H22N2O4/c1-14(2)19-13-24-20(28-19)15-8-10-17(11-9-15)25-22(27)23(3)12-16-6-4-5-7-18(16)21(26)29-23/h4-11,13-14H,12H2,1-3H3,(H,25,27). The van der Waals surface area contributed by atoms with Gasteiger partial charge in [0.25, 0.3) is 5.91 Å². The van der Waals surface area contributed by atoms with Gasteiger partial charge in [0, 0.05) is 23.6 Å². The lowest BCUT2D eigenvalue weighted by molar-refractivity contribution is -0.134. The SMILES string of the molecule is CC(C)c1cnc(-c2ccc(NC(=O)C3(C)Cc4ccccc4C(=O)O3)cc2)o1. The van der Waals surface area contributed by atoms with Crippen LogP contribution in [0.4, 0.5) is 5.69 Å². The topological polar surface area (TPSA) is 81.4 Å². The van der Waals surface area contributed by atoms with E-state index in [1.807, 2.05) is 38.1 Å². The molecule has 0 aliphatic carbocycles. The van der Waals surface area contributed by atoms with E-state index in [0.717, 1.165) is 16.9 Å². The van der Waals surface area contributed by atoms with Crippen LogP contribution in [-0.2, 0) is 16.0 Å². The van der Waals surface area contributed by atoms with E-state index in [4.69, 9.17) is 9.15 Å². The third kappa shape index (κ3) is 3.66. The van der Waals surface area contributed by atoms with Gasteiger partial charge < -0.3 is 14.5 Å². The van der Waals surface area contributed by atoms with Gasteiger partial charge in [0.1, 0.15) is 5.76 Å². The van der Waals surface area contributed by atoms with Crippen LogP contribution in [0.1, 0.15) is 48.4 Å². The molecule has 148 valence electrons. The smallest absolute Gasteiger partial charge is 0.339 e. The number of amides is 1. The minimum Gasteiger partial charge on any atom is -0.445 e. The van der Waals surface area contributed by atoms with E-state index in [1.54, 1.807) is 37.4 Å². The van der Waals surface area contributed by atoms with Gasteiger partial charge in [-0.25, -0.2) is 9.78 Å². The van der Waals surface area contributed by atoms with Crippen LogP contribution in [0.2, 0.25) is 0 Å². The molecule has 1 aromatic heterocycles. The summed E-state index contributed by atoms with van der Waals surface area (Å²) < 4.78 is 11.2. The number of carbonyl (C=O) groups excluding carboxylic acids is 2. The molecule has 2 aromatic carbocycles. The Balaban J connectivity index is 1.49. The number of aromatic nitrogens is 1. The summed E-state index contributed by atoms with van der Waals surface area (Å²) in [5.74, 6) is 0.774. The Morgan fingerprint density at radius 1 is 1.14 bits per heavy atom. The quantitative estimate of drug-likeness (QED) is 0.660. The first-order valence-corrected chi connectivity index (χ1v) is 9.54. The third-order valence-electron chi connectivity index (χ3n) is 5.05. The van der Waals surface area contributed by atoms with Crippen LogP contribution in [0, 0.1) is 0 Å². The number of carbonyl (C=O) groups is 2. The van der Waals surface area contributed by atoms with Gasteiger partial charge in [-0.1, -0.05) is 32.0 Å². The Hall–Kier alpha value is -3.41. The molecule has 0 spiro atoms. The van der Waals surface area contributed by atoms with Crippen molar-refractivity contribution in [2.24, 2.45) is 0 Å². The van der Waals surface area contributed by atoms with Crippen molar-refractivity contribution in [1.82, 2.24) is 4.98 Å². The first-order valence-electron chi connectivity index (χ1n) is 9.54. The van der Waals surface area contributed by atoms with Crippen molar-refractivity contribution >= 4 is 17.6 Å². The number of anilines is 1. The average molecular weight is 390 g/mol. The highest BCUT2D eigenvalue weighted by Gasteiger charge is 2.42. The van der Waals surface area contributed by atoms with E-state index in [1.165, 1.54) is 0 Å². The number of benzene rings is 2. The lowest BCUT2D eigenvalue weighted by Gasteiger charge is -2.33. The lowest BCUT2D eigenvalue weighted by atomic mass is 9.89. The molecule has 6 heteroatoms. The minimum absolute atomic E-state index is 0.263. The zero-order valence-corrected chi connectivity index (χ0v) is 16.6. The Morgan fingerprint density at radius 2 is 1.86 bits per heavy atom. The van der Waals surface area contributed by atoms with E-state index in [-0.39, 0.29) is 11.8 Å². The normalized spacial score (nSPS) is 18.3. The summed E-state index contributed by atoms with van der Waals surface area (Å²) in [6.07, 6.45) is 2.05. The van der Waals surface area contributed by atoms with E-state index in [0.29, 0.717) is 23.6 Å². The zero-order chi connectivity index (χ0) is 20.6. The van der Waals surface area contributed by atoms with Crippen LogP contribution in [0.3, 0.4) is 0 Å². The van der Waals surface area contributed by atoms with Crippen molar-refractivity contribution in [2.75, 3.05) is 5.32 Å². The van der Waals surface area contributed by atoms with Crippen LogP contribution in [0.25, 0.3) is 11.5 Å². The van der Waals surface area contributed by atoms with E-state index >= 15 is 0 Å². The van der Waals surface area contributed by atoms with Crippen LogP contribution in [0.15, 0.2) is 59.1 Å². The van der Waals surface area contributed by atoms with Crippen LogP contribution < -0.4 is 5.32 Å². The third-order valence-corrected chi connectivity index (χ3v) is 5.05. The molecule has 1 aliphatic heterocycles. The van der Waals surface area contributed by atoms with Crippen LogP contribution in [0.5, 0.6) is 0 Å². The first-order chi connectivity index (χ1) is 13.9. The van der Waals surface area contributed by atoms with Gasteiger partial charge in [0.2, 0.25) is 5.89 Å². The molecule has 0 radical (unpaired) electrons. The zero-order valence-electron chi connectivity index (χ0n) is 16.6. The highest BCUT2D eigenvalue weighted by molar-refractivity contribution is 6.02. The number of nitrogens with zero attached hydrogens (tertiary/aromatic N) is 1. The minimum atomic E-state index is -1.27. The molecule has 0 saturated carbocycles. The Kier molecular flexibility index (Phi) is 4.70. The molecule has 0 bridgehead atoms. The molecule has 1 unspecified atom stereocenters. The summed E-state index contributed by atoms with van der Waals surface area (Å²) in [5, 5.41) is 2.84. The van der Waals surface area contributed by atoms with Crippen LogP contribution >= 0.6 is 0 Å². The second kappa shape index (κ2) is 7.20. The van der Waals surface area contributed by atoms with Gasteiger partial charge in [0.15, 0.2) is 5.60 Å². The largest absolute Gasteiger partial charge is 0.445 e. The molecular weight excluding hydrogens is 368 g/mol. The molecule has 1 atom stereocenters. The summed E-state index contributed by atoms with van der Waals surface area (Å²) in [6, 6.07) is 14.4. The highest BCUT2D eigenvalue weighted by atomic mass is 16.6. The van der Waals surface area contributed by atoms with Crippen molar-refractivity contribution in [3.63, 3.8) is 0 Å². The highest BCUT2D eigenvalue weighted by Crippen LogP contribution is 2.30. The van der Waals surface area contributed by atoms with E-state index in [9.17, 15) is 9.59 Å². The molecule has 2 heterocycles. The number of esters is 1. The molecule has 6 nitrogen and oxygen atoms in total. The maximum absolute atomic E-state index is 12.9. The molecule has 1 N–H and O–H groups in total. The van der Waals surface area contributed by atoms with Gasteiger partial charge >= 0.3 is 5.97 Å². The molecule has 3 aromatic rings.